The minimum absolute atomic E-state index is 0.00907. The number of carbonyl (C=O) groups is 3. The van der Waals surface area contributed by atoms with Gasteiger partial charge >= 0.3 is 12.1 Å². The van der Waals surface area contributed by atoms with Crippen molar-refractivity contribution in [1.29, 1.82) is 0 Å². The fourth-order valence-electron chi connectivity index (χ4n) is 2.19. The summed E-state index contributed by atoms with van der Waals surface area (Å²) in [4.78, 5) is 36.0. The largest absolute Gasteiger partial charge is 0.478 e. The molecule has 0 aliphatic carbocycles. The number of benzene rings is 1. The number of carbonyl (C=O) groups excluding carboxylic acids is 2. The van der Waals surface area contributed by atoms with Crippen LogP contribution in [-0.4, -0.2) is 60.9 Å². The van der Waals surface area contributed by atoms with Crippen LogP contribution >= 0.6 is 0 Å². The molecule has 23 heavy (non-hydrogen) atoms. The number of rotatable bonds is 7. The number of carboxylic acids is 1. The summed E-state index contributed by atoms with van der Waals surface area (Å²) < 4.78 is 9.80. The highest BCUT2D eigenvalue weighted by Crippen LogP contribution is 2.17. The van der Waals surface area contributed by atoms with Crippen molar-refractivity contribution < 1.29 is 29.0 Å². The molecule has 8 heteroatoms. The van der Waals surface area contributed by atoms with Gasteiger partial charge in [0, 0.05) is 13.7 Å². The summed E-state index contributed by atoms with van der Waals surface area (Å²) in [6.45, 7) is 0.886. The quantitative estimate of drug-likeness (QED) is 0.707. The van der Waals surface area contributed by atoms with Gasteiger partial charge in [0.05, 0.1) is 18.7 Å². The van der Waals surface area contributed by atoms with E-state index in [1.807, 2.05) is 0 Å². The Morgan fingerprint density at radius 2 is 2.09 bits per heavy atom. The van der Waals surface area contributed by atoms with Gasteiger partial charge in [-0.3, -0.25) is 9.69 Å². The highest BCUT2D eigenvalue weighted by Gasteiger charge is 2.37. The monoisotopic (exact) mass is 322 g/mol. The molecule has 0 radical (unpaired) electrons. The maximum absolute atomic E-state index is 12.1. The number of aromatic carboxylic acids is 1. The summed E-state index contributed by atoms with van der Waals surface area (Å²) in [6, 6.07) is 5.40. The van der Waals surface area contributed by atoms with Crippen LogP contribution in [0.15, 0.2) is 24.3 Å². The Hall–Kier alpha value is -2.61. The average Bonchev–Trinajstić information content (AvgIpc) is 2.89. The third-order valence-electron chi connectivity index (χ3n) is 3.44. The lowest BCUT2D eigenvalue weighted by molar-refractivity contribution is -0.125. The van der Waals surface area contributed by atoms with Crippen LogP contribution in [-0.2, 0) is 20.8 Å². The summed E-state index contributed by atoms with van der Waals surface area (Å²) in [5.41, 5.74) is 0.871. The molecule has 1 fully saturated rings. The molecule has 1 aromatic rings. The predicted octanol–water partition coefficient (Wildman–Crippen LogP) is 0.468. The first-order valence-corrected chi connectivity index (χ1v) is 7.05. The number of amides is 2. The van der Waals surface area contributed by atoms with Gasteiger partial charge in [0.1, 0.15) is 12.6 Å². The van der Waals surface area contributed by atoms with Crippen molar-refractivity contribution in [2.45, 2.75) is 12.6 Å². The number of carboxylic acid groups (broad SMARTS) is 1. The van der Waals surface area contributed by atoms with Gasteiger partial charge in [0.15, 0.2) is 0 Å². The molecule has 0 unspecified atom stereocenters. The standard InChI is InChI=1S/C15H18N2O6/c1-22-7-6-16-13(18)12-9-23-15(21)17(12)8-10-2-4-11(5-3-10)14(19)20/h2-5,12H,6-9H2,1H3,(H,16,18)(H,19,20)/t12-/m0/s1. The number of nitrogens with zero attached hydrogens (tertiary/aromatic N) is 1. The maximum Gasteiger partial charge on any atom is 0.410 e. The van der Waals surface area contributed by atoms with E-state index >= 15 is 0 Å². The van der Waals surface area contributed by atoms with Crippen LogP contribution in [0.25, 0.3) is 0 Å². The number of hydrogen-bond donors (Lipinski definition) is 2. The third-order valence-corrected chi connectivity index (χ3v) is 3.44. The molecule has 1 saturated heterocycles. The van der Waals surface area contributed by atoms with Crippen molar-refractivity contribution in [1.82, 2.24) is 10.2 Å². The van der Waals surface area contributed by atoms with E-state index in [1.165, 1.54) is 24.1 Å². The van der Waals surface area contributed by atoms with Crippen LogP contribution in [0, 0.1) is 0 Å². The Labute approximate surface area is 133 Å². The summed E-state index contributed by atoms with van der Waals surface area (Å²) in [5.74, 6) is -1.33. The second-order valence-corrected chi connectivity index (χ2v) is 5.01. The Morgan fingerprint density at radius 1 is 1.39 bits per heavy atom. The highest BCUT2D eigenvalue weighted by molar-refractivity contribution is 5.88. The normalized spacial score (nSPS) is 17.0. The van der Waals surface area contributed by atoms with Gasteiger partial charge in [-0.1, -0.05) is 12.1 Å². The van der Waals surface area contributed by atoms with Crippen LogP contribution in [0.3, 0.4) is 0 Å². The number of nitrogens with one attached hydrogen (secondary N) is 1. The van der Waals surface area contributed by atoms with E-state index in [4.69, 9.17) is 14.6 Å². The molecule has 1 aromatic carbocycles. The van der Waals surface area contributed by atoms with E-state index in [0.29, 0.717) is 18.7 Å². The zero-order valence-electron chi connectivity index (χ0n) is 12.7. The Kier molecular flexibility index (Phi) is 5.53. The molecule has 1 aliphatic rings. The number of hydrogen-bond acceptors (Lipinski definition) is 5. The molecule has 0 bridgehead atoms. The van der Waals surface area contributed by atoms with E-state index in [2.05, 4.69) is 5.32 Å². The summed E-state index contributed by atoms with van der Waals surface area (Å²) in [7, 11) is 1.53. The van der Waals surface area contributed by atoms with Gasteiger partial charge in [-0.15, -0.1) is 0 Å². The molecular formula is C15H18N2O6. The third kappa shape index (κ3) is 4.19. The fourth-order valence-corrected chi connectivity index (χ4v) is 2.19. The first kappa shape index (κ1) is 16.8. The zero-order valence-corrected chi connectivity index (χ0v) is 12.7. The Bertz CT molecular complexity index is 586. The molecule has 0 saturated carbocycles. The van der Waals surface area contributed by atoms with Gasteiger partial charge in [0.25, 0.3) is 0 Å². The van der Waals surface area contributed by atoms with Crippen molar-refractivity contribution in [3.63, 3.8) is 0 Å². The van der Waals surface area contributed by atoms with Gasteiger partial charge in [-0.25, -0.2) is 9.59 Å². The average molecular weight is 322 g/mol. The molecule has 0 spiro atoms. The van der Waals surface area contributed by atoms with Crippen molar-refractivity contribution in [3.8, 4) is 0 Å². The van der Waals surface area contributed by atoms with Crippen LogP contribution in [0.4, 0.5) is 4.79 Å². The second-order valence-electron chi connectivity index (χ2n) is 5.01. The molecule has 2 N–H and O–H groups in total. The van der Waals surface area contributed by atoms with Crippen molar-refractivity contribution in [2.75, 3.05) is 26.9 Å². The van der Waals surface area contributed by atoms with E-state index in [0.717, 1.165) is 0 Å². The number of cyclic esters (lactones) is 1. The van der Waals surface area contributed by atoms with Gasteiger partial charge < -0.3 is 19.9 Å². The smallest absolute Gasteiger partial charge is 0.410 e. The van der Waals surface area contributed by atoms with E-state index in [-0.39, 0.29) is 24.6 Å². The Morgan fingerprint density at radius 3 is 2.70 bits per heavy atom. The van der Waals surface area contributed by atoms with Gasteiger partial charge in [-0.2, -0.15) is 0 Å². The topological polar surface area (TPSA) is 105 Å². The summed E-state index contributed by atoms with van der Waals surface area (Å²) in [5, 5.41) is 11.5. The van der Waals surface area contributed by atoms with Gasteiger partial charge in [0.2, 0.25) is 5.91 Å². The molecule has 124 valence electrons. The fraction of sp³-hybridized carbons (Fsp3) is 0.400. The van der Waals surface area contributed by atoms with Crippen molar-refractivity contribution >= 4 is 18.0 Å². The minimum Gasteiger partial charge on any atom is -0.478 e. The minimum atomic E-state index is -1.02. The molecule has 1 heterocycles. The van der Waals surface area contributed by atoms with E-state index in [9.17, 15) is 14.4 Å². The van der Waals surface area contributed by atoms with Crippen molar-refractivity contribution in [3.05, 3.63) is 35.4 Å². The molecule has 2 rings (SSSR count). The molecule has 8 nitrogen and oxygen atoms in total. The van der Waals surface area contributed by atoms with E-state index < -0.39 is 18.1 Å². The summed E-state index contributed by atoms with van der Waals surface area (Å²) in [6.07, 6.45) is -0.570. The summed E-state index contributed by atoms with van der Waals surface area (Å²) >= 11 is 0. The second kappa shape index (κ2) is 7.59. The zero-order chi connectivity index (χ0) is 16.8. The first-order valence-electron chi connectivity index (χ1n) is 7.05. The SMILES string of the molecule is COCCNC(=O)[C@@H]1COC(=O)N1Cc1ccc(C(=O)O)cc1. The van der Waals surface area contributed by atoms with Crippen LogP contribution in [0.5, 0.6) is 0 Å². The van der Waals surface area contributed by atoms with Crippen LogP contribution in [0.2, 0.25) is 0 Å². The number of ether oxygens (including phenoxy) is 2. The highest BCUT2D eigenvalue weighted by atomic mass is 16.6. The predicted molar refractivity (Wildman–Crippen MR) is 79.0 cm³/mol. The first-order chi connectivity index (χ1) is 11.0. The molecular weight excluding hydrogens is 304 g/mol. The van der Waals surface area contributed by atoms with Crippen molar-refractivity contribution in [2.24, 2.45) is 0 Å². The lowest BCUT2D eigenvalue weighted by Gasteiger charge is -2.20. The Balaban J connectivity index is 2.01. The molecule has 2 amide bonds. The lowest BCUT2D eigenvalue weighted by atomic mass is 10.1. The molecule has 0 aromatic heterocycles. The lowest BCUT2D eigenvalue weighted by Crippen LogP contribution is -2.46. The van der Waals surface area contributed by atoms with Crippen LogP contribution < -0.4 is 5.32 Å². The number of methoxy groups -OCH3 is 1. The maximum atomic E-state index is 12.1. The molecule has 1 atom stereocenters. The molecule has 1 aliphatic heterocycles. The van der Waals surface area contributed by atoms with Crippen LogP contribution in [0.1, 0.15) is 15.9 Å². The van der Waals surface area contributed by atoms with Gasteiger partial charge in [-0.05, 0) is 17.7 Å². The van der Waals surface area contributed by atoms with E-state index in [1.54, 1.807) is 12.1 Å².